The fourth-order valence-electron chi connectivity index (χ4n) is 8.34. The summed E-state index contributed by atoms with van der Waals surface area (Å²) in [6, 6.07) is 72.8. The Bertz CT molecular complexity index is 3220. The van der Waals surface area contributed by atoms with Gasteiger partial charge < -0.3 is 4.57 Å². The highest BCUT2D eigenvalue weighted by molar-refractivity contribution is 6.14. The Morgan fingerprint density at radius 3 is 1.37 bits per heavy atom. The lowest BCUT2D eigenvalue weighted by Crippen LogP contribution is -2.02. The van der Waals surface area contributed by atoms with Gasteiger partial charge in [0.2, 0.25) is 0 Å². The SMILES string of the molecule is c1ccc(-c2nc(-c3ccc(-c4cc5ccccc5c5ccccc45)cc3)nc(-c3ccc(-c4ccccc4)c(-n4c5ccccc5c5ccccc54)c3)n2)cc1. The molecule has 266 valence electrons. The number of hydrogen-bond acceptors (Lipinski definition) is 3. The molecule has 0 bridgehead atoms. The van der Waals surface area contributed by atoms with Gasteiger partial charge in [-0.05, 0) is 62.5 Å². The zero-order chi connectivity index (χ0) is 37.7. The molecule has 0 atom stereocenters. The van der Waals surface area contributed by atoms with E-state index < -0.39 is 0 Å². The van der Waals surface area contributed by atoms with E-state index >= 15 is 0 Å². The molecule has 0 saturated heterocycles. The van der Waals surface area contributed by atoms with Gasteiger partial charge in [-0.3, -0.25) is 0 Å². The molecule has 2 heterocycles. The predicted molar refractivity (Wildman–Crippen MR) is 236 cm³/mol. The van der Waals surface area contributed by atoms with Crippen LogP contribution < -0.4 is 0 Å². The molecule has 0 aliphatic heterocycles. The van der Waals surface area contributed by atoms with E-state index in [1.54, 1.807) is 0 Å². The molecule has 0 fully saturated rings. The summed E-state index contributed by atoms with van der Waals surface area (Å²) in [7, 11) is 0. The highest BCUT2D eigenvalue weighted by Gasteiger charge is 2.19. The van der Waals surface area contributed by atoms with Crippen LogP contribution in [-0.2, 0) is 0 Å². The maximum Gasteiger partial charge on any atom is 0.164 e. The largest absolute Gasteiger partial charge is 0.309 e. The number of nitrogens with zero attached hydrogens (tertiary/aromatic N) is 4. The minimum atomic E-state index is 0.616. The Kier molecular flexibility index (Phi) is 7.78. The van der Waals surface area contributed by atoms with Crippen molar-refractivity contribution in [3.05, 3.63) is 206 Å². The Morgan fingerprint density at radius 2 is 0.719 bits per heavy atom. The third kappa shape index (κ3) is 5.66. The second kappa shape index (κ2) is 13.6. The third-order valence-electron chi connectivity index (χ3n) is 11.1. The molecule has 4 nitrogen and oxygen atoms in total. The van der Waals surface area contributed by atoms with Crippen molar-refractivity contribution in [3.63, 3.8) is 0 Å². The molecule has 0 radical (unpaired) electrons. The maximum atomic E-state index is 5.21. The van der Waals surface area contributed by atoms with Crippen LogP contribution in [0.4, 0.5) is 0 Å². The minimum Gasteiger partial charge on any atom is -0.309 e. The molecule has 0 unspecified atom stereocenters. The van der Waals surface area contributed by atoms with E-state index in [1.165, 1.54) is 37.9 Å². The Labute approximate surface area is 330 Å². The quantitative estimate of drug-likeness (QED) is 0.160. The van der Waals surface area contributed by atoms with Crippen LogP contribution >= 0.6 is 0 Å². The van der Waals surface area contributed by atoms with Gasteiger partial charge in [-0.2, -0.15) is 0 Å². The summed E-state index contributed by atoms with van der Waals surface area (Å²) in [5.41, 5.74) is 10.7. The van der Waals surface area contributed by atoms with Crippen LogP contribution in [0.25, 0.3) is 105 Å². The first-order valence-corrected chi connectivity index (χ1v) is 19.3. The molecule has 0 N–H and O–H groups in total. The zero-order valence-corrected chi connectivity index (χ0v) is 30.9. The van der Waals surface area contributed by atoms with Gasteiger partial charge in [0.1, 0.15) is 0 Å². The van der Waals surface area contributed by atoms with Gasteiger partial charge in [0.15, 0.2) is 17.5 Å². The standard InChI is InChI=1S/C53H34N4/c1-3-15-35(16-4-1)42-32-31-40(34-50(42)57-48-25-13-11-23-45(48)46-24-12-14-26-49(46)57)53-55-51(37-17-5-2-6-18-37)54-52(56-53)38-29-27-36(28-30-38)47-33-39-19-7-8-20-41(39)43-21-9-10-22-44(43)47/h1-34H. The summed E-state index contributed by atoms with van der Waals surface area (Å²) in [5.74, 6) is 1.87. The summed E-state index contributed by atoms with van der Waals surface area (Å²) in [4.78, 5) is 15.4. The van der Waals surface area contributed by atoms with Crippen LogP contribution in [0.2, 0.25) is 0 Å². The van der Waals surface area contributed by atoms with Crippen molar-refractivity contribution in [1.29, 1.82) is 0 Å². The second-order valence-corrected chi connectivity index (χ2v) is 14.4. The van der Waals surface area contributed by atoms with Crippen molar-refractivity contribution >= 4 is 43.4 Å². The molecule has 0 aliphatic carbocycles. The van der Waals surface area contributed by atoms with Gasteiger partial charge in [-0.25, -0.2) is 15.0 Å². The summed E-state index contributed by atoms with van der Waals surface area (Å²) >= 11 is 0. The number of rotatable bonds is 6. The van der Waals surface area contributed by atoms with E-state index in [9.17, 15) is 0 Å². The lowest BCUT2D eigenvalue weighted by atomic mass is 9.93. The number of benzene rings is 9. The highest BCUT2D eigenvalue weighted by atomic mass is 15.0. The summed E-state index contributed by atoms with van der Waals surface area (Å²) < 4.78 is 2.38. The minimum absolute atomic E-state index is 0.616. The average Bonchev–Trinajstić information content (AvgIpc) is 3.63. The zero-order valence-electron chi connectivity index (χ0n) is 30.9. The van der Waals surface area contributed by atoms with Gasteiger partial charge >= 0.3 is 0 Å². The molecule has 9 aromatic carbocycles. The Morgan fingerprint density at radius 1 is 0.281 bits per heavy atom. The molecule has 0 saturated carbocycles. The van der Waals surface area contributed by atoms with Gasteiger partial charge in [-0.15, -0.1) is 0 Å². The normalized spacial score (nSPS) is 11.5. The number of aromatic nitrogens is 4. The molecule has 0 amide bonds. The van der Waals surface area contributed by atoms with E-state index in [0.29, 0.717) is 17.5 Å². The van der Waals surface area contributed by atoms with Crippen molar-refractivity contribution in [2.45, 2.75) is 0 Å². The van der Waals surface area contributed by atoms with Gasteiger partial charge in [0.05, 0.1) is 16.7 Å². The van der Waals surface area contributed by atoms with Crippen molar-refractivity contribution < 1.29 is 0 Å². The van der Waals surface area contributed by atoms with Crippen molar-refractivity contribution in [3.8, 4) is 62.1 Å². The first-order chi connectivity index (χ1) is 28.3. The van der Waals surface area contributed by atoms with E-state index in [0.717, 1.165) is 50.1 Å². The number of para-hydroxylation sites is 2. The van der Waals surface area contributed by atoms with Gasteiger partial charge in [-0.1, -0.05) is 182 Å². The second-order valence-electron chi connectivity index (χ2n) is 14.4. The molecule has 4 heteroatoms. The number of hydrogen-bond donors (Lipinski definition) is 0. The topological polar surface area (TPSA) is 43.6 Å². The summed E-state index contributed by atoms with van der Waals surface area (Å²) in [6.45, 7) is 0. The smallest absolute Gasteiger partial charge is 0.164 e. The molecular weight excluding hydrogens is 693 g/mol. The molecule has 0 aliphatic rings. The molecular formula is C53H34N4. The molecule has 57 heavy (non-hydrogen) atoms. The first-order valence-electron chi connectivity index (χ1n) is 19.3. The Hall–Kier alpha value is -7.69. The monoisotopic (exact) mass is 726 g/mol. The lowest BCUT2D eigenvalue weighted by molar-refractivity contribution is 1.07. The fourth-order valence-corrected chi connectivity index (χ4v) is 8.34. The van der Waals surface area contributed by atoms with E-state index in [2.05, 4.69) is 193 Å². The summed E-state index contributed by atoms with van der Waals surface area (Å²) in [6.07, 6.45) is 0. The van der Waals surface area contributed by atoms with Gasteiger partial charge in [0, 0.05) is 33.0 Å². The van der Waals surface area contributed by atoms with Crippen LogP contribution in [0.1, 0.15) is 0 Å². The highest BCUT2D eigenvalue weighted by Crippen LogP contribution is 2.39. The van der Waals surface area contributed by atoms with E-state index in [4.69, 9.17) is 15.0 Å². The van der Waals surface area contributed by atoms with Crippen LogP contribution in [0.5, 0.6) is 0 Å². The van der Waals surface area contributed by atoms with Crippen LogP contribution in [0.3, 0.4) is 0 Å². The summed E-state index contributed by atoms with van der Waals surface area (Å²) in [5, 5.41) is 7.40. The fraction of sp³-hybridized carbons (Fsp3) is 0. The molecule has 11 aromatic rings. The average molecular weight is 727 g/mol. The van der Waals surface area contributed by atoms with Crippen molar-refractivity contribution in [2.75, 3.05) is 0 Å². The van der Waals surface area contributed by atoms with Crippen LogP contribution in [0, 0.1) is 0 Å². The maximum absolute atomic E-state index is 5.21. The first kappa shape index (κ1) is 32.7. The predicted octanol–water partition coefficient (Wildman–Crippen LogP) is 13.6. The Balaban J connectivity index is 1.09. The molecule has 0 spiro atoms. The van der Waals surface area contributed by atoms with Crippen LogP contribution in [0.15, 0.2) is 206 Å². The van der Waals surface area contributed by atoms with Crippen LogP contribution in [-0.4, -0.2) is 19.5 Å². The third-order valence-corrected chi connectivity index (χ3v) is 11.1. The van der Waals surface area contributed by atoms with Crippen molar-refractivity contribution in [1.82, 2.24) is 19.5 Å². The lowest BCUT2D eigenvalue weighted by Gasteiger charge is -2.16. The van der Waals surface area contributed by atoms with E-state index in [-0.39, 0.29) is 0 Å². The van der Waals surface area contributed by atoms with E-state index in [1.807, 2.05) is 18.2 Å². The molecule has 11 rings (SSSR count). The van der Waals surface area contributed by atoms with Gasteiger partial charge in [0.25, 0.3) is 0 Å². The molecule has 2 aromatic heterocycles. The van der Waals surface area contributed by atoms with Crippen molar-refractivity contribution in [2.24, 2.45) is 0 Å². The number of fused-ring (bicyclic) bond motifs is 6.